The highest BCUT2D eigenvalue weighted by molar-refractivity contribution is 9.10. The van der Waals surface area contributed by atoms with E-state index in [0.717, 1.165) is 10.2 Å². The van der Waals surface area contributed by atoms with Gasteiger partial charge in [0.15, 0.2) is 5.12 Å². The van der Waals surface area contributed by atoms with Crippen LogP contribution in [0, 0.1) is 0 Å². The fourth-order valence-electron chi connectivity index (χ4n) is 0.745. The van der Waals surface area contributed by atoms with Gasteiger partial charge in [0.25, 0.3) is 0 Å². The van der Waals surface area contributed by atoms with Crippen molar-refractivity contribution < 1.29 is 9.21 Å². The molecule has 4 heteroatoms. The SMILES string of the molecule is CC(=O)SCC=Cc1occc1Br. The molecule has 0 aliphatic rings. The fourth-order valence-corrected chi connectivity index (χ4v) is 1.51. The van der Waals surface area contributed by atoms with Gasteiger partial charge in [-0.15, -0.1) is 0 Å². The summed E-state index contributed by atoms with van der Waals surface area (Å²) in [7, 11) is 0. The van der Waals surface area contributed by atoms with Gasteiger partial charge in [-0.05, 0) is 28.1 Å². The predicted molar refractivity (Wildman–Crippen MR) is 58.6 cm³/mol. The maximum atomic E-state index is 10.6. The zero-order valence-corrected chi connectivity index (χ0v) is 9.52. The van der Waals surface area contributed by atoms with E-state index in [2.05, 4.69) is 15.9 Å². The summed E-state index contributed by atoms with van der Waals surface area (Å²) in [5.74, 6) is 1.46. The van der Waals surface area contributed by atoms with Crippen LogP contribution in [0.2, 0.25) is 0 Å². The van der Waals surface area contributed by atoms with E-state index in [1.807, 2.05) is 18.2 Å². The van der Waals surface area contributed by atoms with Gasteiger partial charge in [-0.2, -0.15) is 0 Å². The Morgan fingerprint density at radius 2 is 2.54 bits per heavy atom. The molecule has 0 bridgehead atoms. The highest BCUT2D eigenvalue weighted by Crippen LogP contribution is 2.19. The molecular formula is C9H9BrO2S. The normalized spacial score (nSPS) is 10.9. The largest absolute Gasteiger partial charge is 0.464 e. The minimum atomic E-state index is 0.128. The minimum Gasteiger partial charge on any atom is -0.464 e. The van der Waals surface area contributed by atoms with Crippen LogP contribution < -0.4 is 0 Å². The van der Waals surface area contributed by atoms with E-state index in [1.54, 1.807) is 13.2 Å². The summed E-state index contributed by atoms with van der Waals surface area (Å²) < 4.78 is 6.07. The summed E-state index contributed by atoms with van der Waals surface area (Å²) >= 11 is 4.60. The Morgan fingerprint density at radius 1 is 1.77 bits per heavy atom. The van der Waals surface area contributed by atoms with Gasteiger partial charge in [-0.3, -0.25) is 4.79 Å². The third-order valence-electron chi connectivity index (χ3n) is 1.30. The molecule has 0 radical (unpaired) electrons. The highest BCUT2D eigenvalue weighted by atomic mass is 79.9. The number of furan rings is 1. The van der Waals surface area contributed by atoms with Gasteiger partial charge < -0.3 is 4.42 Å². The van der Waals surface area contributed by atoms with Crippen LogP contribution in [0.25, 0.3) is 6.08 Å². The molecule has 0 spiro atoms. The van der Waals surface area contributed by atoms with Crippen molar-refractivity contribution in [2.75, 3.05) is 5.75 Å². The van der Waals surface area contributed by atoms with Crippen molar-refractivity contribution >= 4 is 38.9 Å². The standard InChI is InChI=1S/C9H9BrO2S/c1-7(11)13-6-2-3-9-8(10)4-5-12-9/h2-5H,6H2,1H3. The van der Waals surface area contributed by atoms with Crippen LogP contribution in [0.4, 0.5) is 0 Å². The molecule has 0 aliphatic carbocycles. The molecule has 0 saturated heterocycles. The van der Waals surface area contributed by atoms with Gasteiger partial charge in [0.2, 0.25) is 0 Å². The van der Waals surface area contributed by atoms with Crippen molar-refractivity contribution in [3.05, 3.63) is 28.6 Å². The molecule has 0 aromatic carbocycles. The van der Waals surface area contributed by atoms with Crippen molar-refractivity contribution in [1.82, 2.24) is 0 Å². The van der Waals surface area contributed by atoms with E-state index in [-0.39, 0.29) is 5.12 Å². The lowest BCUT2D eigenvalue weighted by Gasteiger charge is -1.88. The second-order valence-corrected chi connectivity index (χ2v) is 4.39. The summed E-state index contributed by atoms with van der Waals surface area (Å²) in [4.78, 5) is 10.6. The van der Waals surface area contributed by atoms with Crippen molar-refractivity contribution in [2.24, 2.45) is 0 Å². The molecule has 1 aromatic rings. The number of hydrogen-bond donors (Lipinski definition) is 0. The number of halogens is 1. The maximum absolute atomic E-state index is 10.6. The molecule has 0 aliphatic heterocycles. The van der Waals surface area contributed by atoms with E-state index in [1.165, 1.54) is 11.8 Å². The summed E-state index contributed by atoms with van der Waals surface area (Å²) in [6.07, 6.45) is 5.36. The molecule has 0 amide bonds. The van der Waals surface area contributed by atoms with Crippen LogP contribution in [0.3, 0.4) is 0 Å². The first kappa shape index (κ1) is 10.6. The van der Waals surface area contributed by atoms with Crippen LogP contribution in [-0.4, -0.2) is 10.9 Å². The van der Waals surface area contributed by atoms with Gasteiger partial charge in [-0.1, -0.05) is 17.8 Å². The zero-order valence-electron chi connectivity index (χ0n) is 7.12. The fraction of sp³-hybridized carbons (Fsp3) is 0.222. The van der Waals surface area contributed by atoms with E-state index in [0.29, 0.717) is 5.75 Å². The average Bonchev–Trinajstić information content (AvgIpc) is 2.45. The third-order valence-corrected chi connectivity index (χ3v) is 2.72. The Labute approximate surface area is 89.5 Å². The lowest BCUT2D eigenvalue weighted by molar-refractivity contribution is -0.109. The lowest BCUT2D eigenvalue weighted by atomic mass is 10.4. The summed E-state index contributed by atoms with van der Waals surface area (Å²) in [5.41, 5.74) is 0. The molecule has 0 unspecified atom stereocenters. The Kier molecular flexibility index (Phi) is 4.32. The second-order valence-electron chi connectivity index (χ2n) is 2.34. The van der Waals surface area contributed by atoms with Crippen LogP contribution in [-0.2, 0) is 4.79 Å². The number of carbonyl (C=O) groups is 1. The average molecular weight is 261 g/mol. The van der Waals surface area contributed by atoms with Gasteiger partial charge >= 0.3 is 0 Å². The van der Waals surface area contributed by atoms with Crippen molar-refractivity contribution in [2.45, 2.75) is 6.92 Å². The number of thioether (sulfide) groups is 1. The summed E-state index contributed by atoms with van der Waals surface area (Å²) in [6, 6.07) is 1.83. The number of hydrogen-bond acceptors (Lipinski definition) is 3. The Morgan fingerprint density at radius 3 is 3.08 bits per heavy atom. The maximum Gasteiger partial charge on any atom is 0.186 e. The molecule has 0 fully saturated rings. The monoisotopic (exact) mass is 260 g/mol. The highest BCUT2D eigenvalue weighted by Gasteiger charge is 1.97. The lowest BCUT2D eigenvalue weighted by Crippen LogP contribution is -1.81. The molecule has 0 atom stereocenters. The van der Waals surface area contributed by atoms with Crippen LogP contribution in [0.1, 0.15) is 12.7 Å². The molecule has 2 nitrogen and oxygen atoms in total. The summed E-state index contributed by atoms with van der Waals surface area (Å²) in [6.45, 7) is 1.56. The zero-order chi connectivity index (χ0) is 9.68. The van der Waals surface area contributed by atoms with Crippen LogP contribution in [0.5, 0.6) is 0 Å². The van der Waals surface area contributed by atoms with Crippen molar-refractivity contribution in [3.63, 3.8) is 0 Å². The Hall–Kier alpha value is -0.480. The summed E-state index contributed by atoms with van der Waals surface area (Å²) in [5, 5.41) is 0.128. The number of carbonyl (C=O) groups excluding carboxylic acids is 1. The Bertz CT molecular complexity index is 317. The smallest absolute Gasteiger partial charge is 0.186 e. The third kappa shape index (κ3) is 3.83. The predicted octanol–water partition coefficient (Wildman–Crippen LogP) is 3.34. The molecule has 1 rings (SSSR count). The van der Waals surface area contributed by atoms with Gasteiger partial charge in [0.1, 0.15) is 5.76 Å². The van der Waals surface area contributed by atoms with E-state index in [4.69, 9.17) is 4.42 Å². The first-order valence-electron chi connectivity index (χ1n) is 3.73. The molecule has 13 heavy (non-hydrogen) atoms. The molecular weight excluding hydrogens is 252 g/mol. The topological polar surface area (TPSA) is 30.2 Å². The molecule has 70 valence electrons. The van der Waals surface area contributed by atoms with E-state index < -0.39 is 0 Å². The second kappa shape index (κ2) is 5.29. The molecule has 1 aromatic heterocycles. The van der Waals surface area contributed by atoms with E-state index >= 15 is 0 Å². The van der Waals surface area contributed by atoms with Gasteiger partial charge in [-0.25, -0.2) is 0 Å². The molecule has 1 heterocycles. The van der Waals surface area contributed by atoms with Crippen LogP contribution in [0.15, 0.2) is 27.3 Å². The molecule has 0 N–H and O–H groups in total. The Balaban J connectivity index is 2.41. The van der Waals surface area contributed by atoms with Crippen molar-refractivity contribution in [1.29, 1.82) is 0 Å². The van der Waals surface area contributed by atoms with Crippen LogP contribution >= 0.6 is 27.7 Å². The van der Waals surface area contributed by atoms with E-state index in [9.17, 15) is 4.79 Å². The van der Waals surface area contributed by atoms with Gasteiger partial charge in [0, 0.05) is 12.7 Å². The minimum absolute atomic E-state index is 0.128. The van der Waals surface area contributed by atoms with Gasteiger partial charge in [0.05, 0.1) is 10.7 Å². The number of rotatable bonds is 3. The van der Waals surface area contributed by atoms with Crippen molar-refractivity contribution in [3.8, 4) is 0 Å². The first-order chi connectivity index (χ1) is 6.20. The molecule has 0 saturated carbocycles. The quantitative estimate of drug-likeness (QED) is 0.835. The first-order valence-corrected chi connectivity index (χ1v) is 5.51.